The molecular formula is C14H26N2O. The Morgan fingerprint density at radius 3 is 2.65 bits per heavy atom. The average Bonchev–Trinajstić information content (AvgIpc) is 2.75. The van der Waals surface area contributed by atoms with E-state index in [4.69, 9.17) is 4.84 Å². The molecule has 1 fully saturated rings. The monoisotopic (exact) mass is 238 g/mol. The molecule has 0 aromatic heterocycles. The van der Waals surface area contributed by atoms with Crippen molar-refractivity contribution in [3.8, 4) is 0 Å². The van der Waals surface area contributed by atoms with Crippen LogP contribution in [0.1, 0.15) is 58.8 Å². The first-order chi connectivity index (χ1) is 8.28. The van der Waals surface area contributed by atoms with E-state index in [1.807, 2.05) is 6.92 Å². The van der Waals surface area contributed by atoms with E-state index >= 15 is 0 Å². The molecule has 3 nitrogen and oxygen atoms in total. The minimum atomic E-state index is 0.281. The van der Waals surface area contributed by atoms with Crippen molar-refractivity contribution in [1.29, 1.82) is 0 Å². The number of rotatable bonds is 5. The molecule has 1 saturated carbocycles. The van der Waals surface area contributed by atoms with Crippen molar-refractivity contribution in [3.63, 3.8) is 0 Å². The van der Waals surface area contributed by atoms with Gasteiger partial charge in [-0.1, -0.05) is 24.9 Å². The number of hydrogen-bond acceptors (Lipinski definition) is 3. The minimum Gasteiger partial charge on any atom is -0.391 e. The summed E-state index contributed by atoms with van der Waals surface area (Å²) in [5.41, 5.74) is 1.13. The second-order valence-corrected chi connectivity index (χ2v) is 5.67. The lowest BCUT2D eigenvalue weighted by Gasteiger charge is -2.29. The summed E-state index contributed by atoms with van der Waals surface area (Å²) < 4.78 is 0. The molecule has 1 heterocycles. The quantitative estimate of drug-likeness (QED) is 0.798. The Kier molecular flexibility index (Phi) is 4.84. The van der Waals surface area contributed by atoms with Crippen LogP contribution in [0.25, 0.3) is 0 Å². The zero-order valence-electron chi connectivity index (χ0n) is 11.2. The number of nitrogens with zero attached hydrogens (tertiary/aromatic N) is 1. The van der Waals surface area contributed by atoms with Crippen molar-refractivity contribution >= 4 is 5.71 Å². The van der Waals surface area contributed by atoms with Gasteiger partial charge in [-0.2, -0.15) is 0 Å². The van der Waals surface area contributed by atoms with E-state index in [0.29, 0.717) is 6.04 Å². The van der Waals surface area contributed by atoms with Gasteiger partial charge in [-0.05, 0) is 38.5 Å². The molecule has 0 spiro atoms. The van der Waals surface area contributed by atoms with E-state index in [1.54, 1.807) is 0 Å². The highest BCUT2D eigenvalue weighted by Crippen LogP contribution is 2.27. The van der Waals surface area contributed by atoms with E-state index < -0.39 is 0 Å². The molecule has 1 atom stereocenters. The third kappa shape index (κ3) is 3.98. The first-order valence-corrected chi connectivity index (χ1v) is 7.20. The van der Waals surface area contributed by atoms with Gasteiger partial charge in [0.05, 0.1) is 5.71 Å². The molecule has 0 radical (unpaired) electrons. The maximum absolute atomic E-state index is 5.34. The highest BCUT2D eigenvalue weighted by atomic mass is 16.6. The van der Waals surface area contributed by atoms with Crippen LogP contribution in [-0.2, 0) is 4.84 Å². The highest BCUT2D eigenvalue weighted by Gasteiger charge is 2.23. The third-order valence-corrected chi connectivity index (χ3v) is 4.06. The molecule has 98 valence electrons. The fourth-order valence-electron chi connectivity index (χ4n) is 3.04. The molecule has 2 rings (SSSR count). The van der Waals surface area contributed by atoms with Crippen molar-refractivity contribution in [1.82, 2.24) is 5.32 Å². The second-order valence-electron chi connectivity index (χ2n) is 5.67. The van der Waals surface area contributed by atoms with Crippen LogP contribution in [0, 0.1) is 5.92 Å². The topological polar surface area (TPSA) is 33.6 Å². The fourth-order valence-corrected chi connectivity index (χ4v) is 3.04. The summed E-state index contributed by atoms with van der Waals surface area (Å²) >= 11 is 0. The van der Waals surface area contributed by atoms with Gasteiger partial charge in [-0.3, -0.25) is 0 Å². The second kappa shape index (κ2) is 6.39. The van der Waals surface area contributed by atoms with Crippen LogP contribution in [0.4, 0.5) is 0 Å². The summed E-state index contributed by atoms with van der Waals surface area (Å²) in [4.78, 5) is 5.34. The maximum Gasteiger partial charge on any atom is 0.145 e. The first kappa shape index (κ1) is 12.9. The van der Waals surface area contributed by atoms with Crippen molar-refractivity contribution in [2.45, 2.75) is 70.9 Å². The molecule has 0 amide bonds. The molecular weight excluding hydrogens is 212 g/mol. The Hall–Kier alpha value is -0.570. The molecule has 17 heavy (non-hydrogen) atoms. The molecule has 1 aliphatic heterocycles. The van der Waals surface area contributed by atoms with E-state index in [-0.39, 0.29) is 6.10 Å². The minimum absolute atomic E-state index is 0.281. The zero-order valence-corrected chi connectivity index (χ0v) is 11.2. The molecule has 0 bridgehead atoms. The molecule has 1 aliphatic carbocycles. The lowest BCUT2D eigenvalue weighted by molar-refractivity contribution is 0.0805. The summed E-state index contributed by atoms with van der Waals surface area (Å²) in [5, 5.41) is 7.64. The van der Waals surface area contributed by atoms with E-state index in [1.165, 1.54) is 38.5 Å². The standard InChI is InChI=1S/C14H26N2O/c1-3-4-12-5-7-13(8-6-12)15-10-14-9-11(2)16-17-14/h12-15H,3-10H2,1-2H3. The van der Waals surface area contributed by atoms with Gasteiger partial charge in [-0.25, -0.2) is 0 Å². The lowest BCUT2D eigenvalue weighted by atomic mass is 9.83. The Balaban J connectivity index is 1.59. The van der Waals surface area contributed by atoms with Crippen LogP contribution in [0.2, 0.25) is 0 Å². The summed E-state index contributed by atoms with van der Waals surface area (Å²) in [6, 6.07) is 0.715. The first-order valence-electron chi connectivity index (χ1n) is 7.20. The van der Waals surface area contributed by atoms with Crippen molar-refractivity contribution in [2.24, 2.45) is 11.1 Å². The van der Waals surface area contributed by atoms with Crippen LogP contribution in [-0.4, -0.2) is 24.4 Å². The van der Waals surface area contributed by atoms with Crippen molar-refractivity contribution in [2.75, 3.05) is 6.54 Å². The predicted octanol–water partition coefficient (Wildman–Crippen LogP) is 3.10. The zero-order chi connectivity index (χ0) is 12.1. The van der Waals surface area contributed by atoms with Gasteiger partial charge < -0.3 is 10.2 Å². The van der Waals surface area contributed by atoms with Gasteiger partial charge in [0.15, 0.2) is 0 Å². The number of oxime groups is 1. The summed E-state index contributed by atoms with van der Waals surface area (Å²) in [5.74, 6) is 0.992. The van der Waals surface area contributed by atoms with Crippen molar-refractivity contribution in [3.05, 3.63) is 0 Å². The smallest absolute Gasteiger partial charge is 0.145 e. The van der Waals surface area contributed by atoms with Crippen LogP contribution in [0.5, 0.6) is 0 Å². The summed E-state index contributed by atoms with van der Waals surface area (Å²) in [6.45, 7) is 5.30. The summed E-state index contributed by atoms with van der Waals surface area (Å²) in [7, 11) is 0. The lowest BCUT2D eigenvalue weighted by Crippen LogP contribution is -2.38. The van der Waals surface area contributed by atoms with Gasteiger partial charge in [0.25, 0.3) is 0 Å². The molecule has 2 aliphatic rings. The number of nitrogens with one attached hydrogen (secondary N) is 1. The predicted molar refractivity (Wildman–Crippen MR) is 71.3 cm³/mol. The highest BCUT2D eigenvalue weighted by molar-refractivity contribution is 5.82. The van der Waals surface area contributed by atoms with E-state index in [9.17, 15) is 0 Å². The molecule has 3 heteroatoms. The van der Waals surface area contributed by atoms with Crippen LogP contribution < -0.4 is 5.32 Å². The summed E-state index contributed by atoms with van der Waals surface area (Å²) in [6.07, 6.45) is 9.55. The van der Waals surface area contributed by atoms with Gasteiger partial charge >= 0.3 is 0 Å². The fraction of sp³-hybridized carbons (Fsp3) is 0.929. The molecule has 1 N–H and O–H groups in total. The Bertz CT molecular complexity index is 257. The van der Waals surface area contributed by atoms with Gasteiger partial charge in [0, 0.05) is 19.0 Å². The van der Waals surface area contributed by atoms with Gasteiger partial charge in [-0.15, -0.1) is 0 Å². The van der Waals surface area contributed by atoms with Gasteiger partial charge in [0.1, 0.15) is 6.10 Å². The average molecular weight is 238 g/mol. The number of hydrogen-bond donors (Lipinski definition) is 1. The Morgan fingerprint density at radius 2 is 2.06 bits per heavy atom. The van der Waals surface area contributed by atoms with E-state index in [2.05, 4.69) is 17.4 Å². The third-order valence-electron chi connectivity index (χ3n) is 4.06. The van der Waals surface area contributed by atoms with Gasteiger partial charge in [0.2, 0.25) is 0 Å². The molecule has 0 aromatic carbocycles. The van der Waals surface area contributed by atoms with Crippen LogP contribution in [0.15, 0.2) is 5.16 Å². The Labute approximate surface area is 105 Å². The SMILES string of the molecule is CCCC1CCC(NCC2CC(C)=NO2)CC1. The maximum atomic E-state index is 5.34. The van der Waals surface area contributed by atoms with E-state index in [0.717, 1.165) is 24.6 Å². The largest absolute Gasteiger partial charge is 0.391 e. The normalized spacial score (nSPS) is 33.3. The molecule has 0 aromatic rings. The van der Waals surface area contributed by atoms with Crippen molar-refractivity contribution < 1.29 is 4.84 Å². The van der Waals surface area contributed by atoms with Crippen LogP contribution in [0.3, 0.4) is 0 Å². The molecule has 1 unspecified atom stereocenters. The van der Waals surface area contributed by atoms with Crippen LogP contribution >= 0.6 is 0 Å². The molecule has 0 saturated heterocycles. The Morgan fingerprint density at radius 1 is 1.29 bits per heavy atom.